The molecule has 1 fully saturated rings. The molecule has 0 aromatic heterocycles. The summed E-state index contributed by atoms with van der Waals surface area (Å²) in [6.07, 6.45) is -0.668. The van der Waals surface area contributed by atoms with Crippen LogP contribution in [-0.4, -0.2) is 64.9 Å². The Labute approximate surface area is 282 Å². The third kappa shape index (κ3) is 7.50. The van der Waals surface area contributed by atoms with Gasteiger partial charge in [0.05, 0.1) is 31.0 Å². The second-order valence-corrected chi connectivity index (χ2v) is 23.9. The van der Waals surface area contributed by atoms with Crippen LogP contribution in [0.5, 0.6) is 11.5 Å². The highest BCUT2D eigenvalue weighted by Gasteiger charge is 2.52. The molecular weight excluding hydrogens is 625 g/mol. The van der Waals surface area contributed by atoms with E-state index in [1.54, 1.807) is 17.0 Å². The number of methoxy groups -OCH3 is 1. The minimum absolute atomic E-state index is 0.0182. The summed E-state index contributed by atoms with van der Waals surface area (Å²) in [5.74, 6) is 0.363. The topological polar surface area (TPSA) is 97.3 Å². The number of hydrogen-bond acceptors (Lipinski definition) is 5. The minimum atomic E-state index is -3.11. The van der Waals surface area contributed by atoms with Crippen molar-refractivity contribution in [3.05, 3.63) is 90.5 Å². The van der Waals surface area contributed by atoms with Gasteiger partial charge in [-0.25, -0.2) is 4.79 Å². The molecule has 0 aliphatic carbocycles. The molecular formula is C37H50N2O6Si2. The van der Waals surface area contributed by atoms with Crippen LogP contribution in [0.25, 0.3) is 0 Å². The van der Waals surface area contributed by atoms with E-state index in [2.05, 4.69) is 90.8 Å². The maximum absolute atomic E-state index is 14.3. The Bertz CT molecular complexity index is 1560. The van der Waals surface area contributed by atoms with Crippen LogP contribution < -0.4 is 24.9 Å². The summed E-state index contributed by atoms with van der Waals surface area (Å²) in [4.78, 5) is 28.2. The summed E-state index contributed by atoms with van der Waals surface area (Å²) in [6, 6.07) is 23.2. The standard InChI is InChI=1S/C37H50N2O6Si2/c1-26-21-27(25-44-46(9,10)36(2,3)4)39(24-26)34(40)30-22-32(43-8)33(23-31(30)38-35(41)42)45-47(37(5,6)7,28-17-13-11-14-18-28)29-19-15-12-16-20-29/h11-20,22-23,27,38H,1,21,24-25H2,2-10H3,(H,41,42)/t27-/m0/s1. The number of amides is 2. The van der Waals surface area contributed by atoms with Crippen molar-refractivity contribution in [2.75, 3.05) is 25.6 Å². The highest BCUT2D eigenvalue weighted by Crippen LogP contribution is 2.43. The molecule has 1 aliphatic rings. The molecule has 0 unspecified atom stereocenters. The van der Waals surface area contributed by atoms with Crippen LogP contribution in [0.15, 0.2) is 84.9 Å². The Balaban J connectivity index is 1.82. The average molecular weight is 675 g/mol. The molecule has 3 aromatic carbocycles. The lowest BCUT2D eigenvalue weighted by Gasteiger charge is -2.43. The third-order valence-corrected chi connectivity index (χ3v) is 19.0. The fourth-order valence-corrected chi connectivity index (χ4v) is 11.4. The Morgan fingerprint density at radius 1 is 0.915 bits per heavy atom. The first-order valence-corrected chi connectivity index (χ1v) is 20.9. The molecule has 2 N–H and O–H groups in total. The number of anilines is 1. The van der Waals surface area contributed by atoms with Crippen LogP contribution in [0.4, 0.5) is 10.5 Å². The van der Waals surface area contributed by atoms with Crippen LogP contribution in [0.3, 0.4) is 0 Å². The molecule has 1 atom stereocenters. The zero-order valence-electron chi connectivity index (χ0n) is 29.3. The molecule has 0 radical (unpaired) electrons. The number of likely N-dealkylation sites (tertiary alicyclic amines) is 1. The van der Waals surface area contributed by atoms with Crippen molar-refractivity contribution in [3.63, 3.8) is 0 Å². The van der Waals surface area contributed by atoms with Gasteiger partial charge in [-0.15, -0.1) is 0 Å². The third-order valence-electron chi connectivity index (χ3n) is 9.52. The molecule has 8 nitrogen and oxygen atoms in total. The molecule has 0 spiro atoms. The van der Waals surface area contributed by atoms with Crippen molar-refractivity contribution in [2.45, 2.75) is 77.2 Å². The SMILES string of the molecule is C=C1C[C@@H](CO[Si](C)(C)C(C)(C)C)N(C(=O)c2cc(OC)c(O[Si](c3ccccc3)(c3ccccc3)C(C)(C)C)cc2NC(=O)O)C1. The van der Waals surface area contributed by atoms with E-state index in [4.69, 9.17) is 13.6 Å². The largest absolute Gasteiger partial charge is 0.531 e. The van der Waals surface area contributed by atoms with Gasteiger partial charge in [0.25, 0.3) is 5.91 Å². The highest BCUT2D eigenvalue weighted by atomic mass is 28.4. The molecule has 4 rings (SSSR count). The van der Waals surface area contributed by atoms with Gasteiger partial charge in [0.15, 0.2) is 14.1 Å². The molecule has 47 heavy (non-hydrogen) atoms. The maximum atomic E-state index is 14.3. The molecule has 0 saturated carbocycles. The number of carboxylic acid groups (broad SMARTS) is 1. The lowest BCUT2D eigenvalue weighted by atomic mass is 10.1. The fraction of sp³-hybridized carbons (Fsp3) is 0.405. The zero-order valence-corrected chi connectivity index (χ0v) is 31.3. The van der Waals surface area contributed by atoms with Gasteiger partial charge in [0, 0.05) is 12.6 Å². The maximum Gasteiger partial charge on any atom is 0.409 e. The number of ether oxygens (including phenoxy) is 1. The monoisotopic (exact) mass is 674 g/mol. The Hall–Kier alpha value is -3.87. The molecule has 2 amide bonds. The van der Waals surface area contributed by atoms with Gasteiger partial charge in [-0.2, -0.15) is 0 Å². The van der Waals surface area contributed by atoms with Crippen LogP contribution in [0.2, 0.25) is 23.2 Å². The first-order chi connectivity index (χ1) is 21.9. The van der Waals surface area contributed by atoms with Gasteiger partial charge in [-0.05, 0) is 46.0 Å². The summed E-state index contributed by atoms with van der Waals surface area (Å²) >= 11 is 0. The lowest BCUT2D eigenvalue weighted by Crippen LogP contribution is -2.68. The van der Waals surface area contributed by atoms with E-state index in [-0.39, 0.29) is 33.3 Å². The fourth-order valence-electron chi connectivity index (χ4n) is 5.95. The average Bonchev–Trinajstić information content (AvgIpc) is 3.38. The van der Waals surface area contributed by atoms with Crippen LogP contribution in [-0.2, 0) is 4.43 Å². The van der Waals surface area contributed by atoms with Crippen molar-refractivity contribution >= 4 is 44.7 Å². The smallest absolute Gasteiger partial charge is 0.409 e. The van der Waals surface area contributed by atoms with Crippen molar-refractivity contribution < 1.29 is 28.3 Å². The predicted octanol–water partition coefficient (Wildman–Crippen LogP) is 7.52. The number of nitrogens with one attached hydrogen (secondary N) is 1. The highest BCUT2D eigenvalue weighted by molar-refractivity contribution is 7.00. The number of carbonyl (C=O) groups is 2. The zero-order chi connectivity index (χ0) is 34.8. The molecule has 10 heteroatoms. The van der Waals surface area contributed by atoms with Crippen molar-refractivity contribution in [2.24, 2.45) is 0 Å². The van der Waals surface area contributed by atoms with Gasteiger partial charge in [-0.1, -0.05) is 114 Å². The summed E-state index contributed by atoms with van der Waals surface area (Å²) in [5, 5.41) is 14.1. The van der Waals surface area contributed by atoms with Gasteiger partial charge in [0.2, 0.25) is 0 Å². The number of carbonyl (C=O) groups excluding carboxylic acids is 1. The van der Waals surface area contributed by atoms with Gasteiger partial charge in [0.1, 0.15) is 5.75 Å². The predicted molar refractivity (Wildman–Crippen MR) is 195 cm³/mol. The van der Waals surface area contributed by atoms with Gasteiger partial charge < -0.3 is 23.6 Å². The van der Waals surface area contributed by atoms with Crippen LogP contribution >= 0.6 is 0 Å². The van der Waals surface area contributed by atoms with E-state index in [0.29, 0.717) is 31.1 Å². The lowest BCUT2D eigenvalue weighted by molar-refractivity contribution is 0.0686. The number of nitrogens with zero attached hydrogens (tertiary/aromatic N) is 1. The number of hydrogen-bond donors (Lipinski definition) is 2. The van der Waals surface area contributed by atoms with Crippen LogP contribution in [0, 0.1) is 0 Å². The van der Waals surface area contributed by atoms with Crippen molar-refractivity contribution in [1.29, 1.82) is 0 Å². The number of rotatable bonds is 10. The molecule has 252 valence electrons. The summed E-state index contributed by atoms with van der Waals surface area (Å²) < 4.78 is 19.6. The Morgan fingerprint density at radius 3 is 1.94 bits per heavy atom. The van der Waals surface area contributed by atoms with E-state index < -0.39 is 22.7 Å². The molecule has 1 saturated heterocycles. The van der Waals surface area contributed by atoms with E-state index in [0.717, 1.165) is 15.9 Å². The van der Waals surface area contributed by atoms with E-state index >= 15 is 0 Å². The van der Waals surface area contributed by atoms with Gasteiger partial charge in [-0.3, -0.25) is 10.1 Å². The molecule has 1 heterocycles. The normalized spacial score (nSPS) is 15.8. The number of benzene rings is 3. The molecule has 1 aliphatic heterocycles. The summed E-state index contributed by atoms with van der Waals surface area (Å²) in [6.45, 7) is 22.3. The second-order valence-electron chi connectivity index (χ2n) is 14.9. The van der Waals surface area contributed by atoms with E-state index in [1.807, 2.05) is 36.4 Å². The van der Waals surface area contributed by atoms with Crippen molar-refractivity contribution in [1.82, 2.24) is 4.90 Å². The Kier molecular flexibility index (Phi) is 10.5. The first kappa shape index (κ1) is 36.0. The second kappa shape index (κ2) is 13.7. The summed E-state index contributed by atoms with van der Waals surface area (Å²) in [5.41, 5.74) is 1.22. The molecule has 0 bridgehead atoms. The van der Waals surface area contributed by atoms with E-state index in [9.17, 15) is 14.7 Å². The first-order valence-electron chi connectivity index (χ1n) is 16.0. The molecule has 3 aromatic rings. The Morgan fingerprint density at radius 2 is 1.47 bits per heavy atom. The van der Waals surface area contributed by atoms with Crippen LogP contribution in [0.1, 0.15) is 58.3 Å². The minimum Gasteiger partial charge on any atom is -0.531 e. The van der Waals surface area contributed by atoms with Gasteiger partial charge >= 0.3 is 14.4 Å². The van der Waals surface area contributed by atoms with E-state index in [1.165, 1.54) is 7.11 Å². The quantitative estimate of drug-likeness (QED) is 0.171. The summed E-state index contributed by atoms with van der Waals surface area (Å²) in [7, 11) is -3.66. The van der Waals surface area contributed by atoms with Crippen molar-refractivity contribution in [3.8, 4) is 11.5 Å².